The van der Waals surface area contributed by atoms with Crippen LogP contribution < -0.4 is 5.32 Å². The lowest BCUT2D eigenvalue weighted by molar-refractivity contribution is -0.136. The molecule has 0 unspecified atom stereocenters. The van der Waals surface area contributed by atoms with Crippen molar-refractivity contribution in [1.29, 1.82) is 0 Å². The average Bonchev–Trinajstić information content (AvgIpc) is 2.70. The molecule has 0 aliphatic heterocycles. The molecule has 2 aromatic carbocycles. The van der Waals surface area contributed by atoms with E-state index in [9.17, 15) is 14.4 Å². The monoisotopic (exact) mass is 374 g/mol. The maximum atomic E-state index is 12.1. The first-order chi connectivity index (χ1) is 13.5. The minimum atomic E-state index is -0.615. The SMILES string of the molecule is CC(=O)Nc1ccc(C(=O)COC(=O)/C=C/c2cccc3cccnc23)cc1. The van der Waals surface area contributed by atoms with Gasteiger partial charge < -0.3 is 10.1 Å². The summed E-state index contributed by atoms with van der Waals surface area (Å²) >= 11 is 0. The zero-order chi connectivity index (χ0) is 19.9. The highest BCUT2D eigenvalue weighted by Crippen LogP contribution is 2.17. The molecular formula is C22H18N2O4. The number of carbonyl (C=O) groups excluding carboxylic acids is 3. The van der Waals surface area contributed by atoms with Crippen molar-refractivity contribution >= 4 is 40.3 Å². The van der Waals surface area contributed by atoms with Crippen LogP contribution >= 0.6 is 0 Å². The molecule has 0 radical (unpaired) electrons. The molecule has 140 valence electrons. The van der Waals surface area contributed by atoms with Crippen LogP contribution in [0, 0.1) is 0 Å². The van der Waals surface area contributed by atoms with E-state index in [1.807, 2.05) is 30.3 Å². The summed E-state index contributed by atoms with van der Waals surface area (Å²) in [6, 6.07) is 15.8. The summed E-state index contributed by atoms with van der Waals surface area (Å²) in [5, 5.41) is 3.58. The van der Waals surface area contributed by atoms with Crippen molar-refractivity contribution in [2.75, 3.05) is 11.9 Å². The fourth-order valence-corrected chi connectivity index (χ4v) is 2.63. The summed E-state index contributed by atoms with van der Waals surface area (Å²) < 4.78 is 5.02. The standard InChI is InChI=1S/C22H18N2O4/c1-15(25)24-19-10-7-16(8-11-19)20(26)14-28-21(27)12-9-18-5-2-4-17-6-3-13-23-22(17)18/h2-13H,14H2,1H3,(H,24,25)/b12-9+. The van der Waals surface area contributed by atoms with Crippen LogP contribution in [0.25, 0.3) is 17.0 Å². The highest BCUT2D eigenvalue weighted by molar-refractivity contribution is 6.00. The number of ether oxygens (including phenoxy) is 1. The second-order valence-electron chi connectivity index (χ2n) is 6.05. The van der Waals surface area contributed by atoms with Gasteiger partial charge in [0.2, 0.25) is 5.91 Å². The third-order valence-corrected chi connectivity index (χ3v) is 3.94. The molecule has 6 heteroatoms. The van der Waals surface area contributed by atoms with Crippen LogP contribution in [0.1, 0.15) is 22.8 Å². The lowest BCUT2D eigenvalue weighted by atomic mass is 10.1. The predicted molar refractivity (Wildman–Crippen MR) is 107 cm³/mol. The number of aromatic nitrogens is 1. The normalized spacial score (nSPS) is 10.8. The molecule has 0 atom stereocenters. The van der Waals surface area contributed by atoms with Crippen molar-refractivity contribution in [3.8, 4) is 0 Å². The number of nitrogens with one attached hydrogen (secondary N) is 1. The van der Waals surface area contributed by atoms with Gasteiger partial charge in [-0.25, -0.2) is 4.79 Å². The van der Waals surface area contributed by atoms with Gasteiger partial charge >= 0.3 is 5.97 Å². The Bertz CT molecular complexity index is 1050. The van der Waals surface area contributed by atoms with Crippen molar-refractivity contribution in [3.05, 3.63) is 78.0 Å². The van der Waals surface area contributed by atoms with Gasteiger partial charge in [-0.05, 0) is 36.4 Å². The van der Waals surface area contributed by atoms with Crippen LogP contribution in [-0.2, 0) is 14.3 Å². The third kappa shape index (κ3) is 4.88. The lowest BCUT2D eigenvalue weighted by Gasteiger charge is -2.05. The first-order valence-corrected chi connectivity index (χ1v) is 8.62. The largest absolute Gasteiger partial charge is 0.454 e. The Kier molecular flexibility index (Phi) is 5.91. The van der Waals surface area contributed by atoms with Crippen LogP contribution in [0.15, 0.2) is 66.9 Å². The number of para-hydroxylation sites is 1. The molecule has 1 aromatic heterocycles. The molecule has 0 spiro atoms. The Morgan fingerprint density at radius 1 is 1.04 bits per heavy atom. The molecule has 0 fully saturated rings. The van der Waals surface area contributed by atoms with Gasteiger partial charge in [0.05, 0.1) is 5.52 Å². The van der Waals surface area contributed by atoms with Gasteiger partial charge in [0.25, 0.3) is 0 Å². The Morgan fingerprint density at radius 2 is 1.79 bits per heavy atom. The topological polar surface area (TPSA) is 85.4 Å². The van der Waals surface area contributed by atoms with E-state index in [2.05, 4.69) is 10.3 Å². The molecule has 1 amide bonds. The number of esters is 1. The van der Waals surface area contributed by atoms with Crippen LogP contribution in [0.2, 0.25) is 0 Å². The van der Waals surface area contributed by atoms with E-state index in [1.54, 1.807) is 36.5 Å². The lowest BCUT2D eigenvalue weighted by Crippen LogP contribution is -2.13. The van der Waals surface area contributed by atoms with E-state index in [4.69, 9.17) is 4.74 Å². The summed E-state index contributed by atoms with van der Waals surface area (Å²) in [4.78, 5) is 39.4. The van der Waals surface area contributed by atoms with Gasteiger partial charge in [-0.3, -0.25) is 14.6 Å². The van der Waals surface area contributed by atoms with Crippen molar-refractivity contribution in [2.45, 2.75) is 6.92 Å². The fourth-order valence-electron chi connectivity index (χ4n) is 2.63. The molecule has 0 saturated carbocycles. The Balaban J connectivity index is 1.58. The fraction of sp³-hybridized carbons (Fsp3) is 0.0909. The smallest absolute Gasteiger partial charge is 0.331 e. The van der Waals surface area contributed by atoms with E-state index in [-0.39, 0.29) is 18.3 Å². The molecule has 0 saturated heterocycles. The minimum Gasteiger partial charge on any atom is -0.454 e. The molecule has 3 rings (SSSR count). The minimum absolute atomic E-state index is 0.193. The number of carbonyl (C=O) groups is 3. The highest BCUT2D eigenvalue weighted by Gasteiger charge is 2.09. The summed E-state index contributed by atoms with van der Waals surface area (Å²) in [6.45, 7) is 1.04. The number of fused-ring (bicyclic) bond motifs is 1. The molecule has 0 aliphatic rings. The second-order valence-corrected chi connectivity index (χ2v) is 6.05. The number of pyridine rings is 1. The van der Waals surface area contributed by atoms with E-state index in [0.717, 1.165) is 16.5 Å². The van der Waals surface area contributed by atoms with Crippen molar-refractivity contribution in [1.82, 2.24) is 4.98 Å². The number of hydrogen-bond acceptors (Lipinski definition) is 5. The van der Waals surface area contributed by atoms with E-state index >= 15 is 0 Å². The van der Waals surface area contributed by atoms with Crippen molar-refractivity contribution < 1.29 is 19.1 Å². The van der Waals surface area contributed by atoms with E-state index in [0.29, 0.717) is 11.3 Å². The number of anilines is 1. The predicted octanol–water partition coefficient (Wildman–Crippen LogP) is 3.63. The van der Waals surface area contributed by atoms with E-state index in [1.165, 1.54) is 13.0 Å². The Labute approximate surface area is 161 Å². The van der Waals surface area contributed by atoms with Crippen LogP contribution in [0.4, 0.5) is 5.69 Å². The maximum Gasteiger partial charge on any atom is 0.331 e. The average molecular weight is 374 g/mol. The van der Waals surface area contributed by atoms with Crippen molar-refractivity contribution in [3.63, 3.8) is 0 Å². The number of benzene rings is 2. The van der Waals surface area contributed by atoms with Gasteiger partial charge in [0.1, 0.15) is 0 Å². The number of Topliss-reactive ketones (excluding diaryl/α,β-unsaturated/α-hetero) is 1. The molecule has 6 nitrogen and oxygen atoms in total. The van der Waals surface area contributed by atoms with Crippen molar-refractivity contribution in [2.24, 2.45) is 0 Å². The van der Waals surface area contributed by atoms with E-state index < -0.39 is 5.97 Å². The van der Waals surface area contributed by atoms with Gasteiger partial charge in [-0.15, -0.1) is 0 Å². The molecule has 1 heterocycles. The Hall–Kier alpha value is -3.80. The number of rotatable bonds is 6. The Morgan fingerprint density at radius 3 is 2.54 bits per heavy atom. The summed E-state index contributed by atoms with van der Waals surface area (Å²) in [6.07, 6.45) is 4.58. The number of hydrogen-bond donors (Lipinski definition) is 1. The van der Waals surface area contributed by atoms with Gasteiger partial charge in [-0.2, -0.15) is 0 Å². The number of nitrogens with zero attached hydrogens (tertiary/aromatic N) is 1. The number of amides is 1. The summed E-state index contributed by atoms with van der Waals surface area (Å²) in [5.74, 6) is -1.14. The van der Waals surface area contributed by atoms with Gasteiger partial charge in [0, 0.05) is 41.4 Å². The van der Waals surface area contributed by atoms with Gasteiger partial charge in [-0.1, -0.05) is 24.3 Å². The number of ketones is 1. The first-order valence-electron chi connectivity index (χ1n) is 8.62. The molecule has 1 N–H and O–H groups in total. The van der Waals surface area contributed by atoms with Crippen LogP contribution in [-0.4, -0.2) is 29.3 Å². The van der Waals surface area contributed by atoms with Crippen LogP contribution in [0.5, 0.6) is 0 Å². The van der Waals surface area contributed by atoms with Crippen LogP contribution in [0.3, 0.4) is 0 Å². The summed E-state index contributed by atoms with van der Waals surface area (Å²) in [5.41, 5.74) is 2.55. The molecule has 0 aliphatic carbocycles. The maximum absolute atomic E-state index is 12.1. The van der Waals surface area contributed by atoms with Gasteiger partial charge in [0.15, 0.2) is 12.4 Å². The molecular weight excluding hydrogens is 356 g/mol. The summed E-state index contributed by atoms with van der Waals surface area (Å²) in [7, 11) is 0. The molecule has 0 bridgehead atoms. The molecule has 3 aromatic rings. The third-order valence-electron chi connectivity index (χ3n) is 3.94. The highest BCUT2D eigenvalue weighted by atomic mass is 16.5. The quantitative estimate of drug-likeness (QED) is 0.404. The zero-order valence-corrected chi connectivity index (χ0v) is 15.2. The first kappa shape index (κ1) is 19.0. The molecule has 28 heavy (non-hydrogen) atoms. The second kappa shape index (κ2) is 8.73. The zero-order valence-electron chi connectivity index (χ0n) is 15.2.